The highest BCUT2D eigenvalue weighted by atomic mass is 19.4. The zero-order chi connectivity index (χ0) is 25.5. The maximum absolute atomic E-state index is 13.1. The SMILES string of the molecule is CC(C)(C)OC(=O)N1CC=C2C(C#N)C(=N)C(C#N)(C#N)[C@H](c3ccc(C(F)(F)F)cc3)[C@H]2C1. The number of benzene rings is 1. The Balaban J connectivity index is 2.15. The van der Waals surface area contributed by atoms with Gasteiger partial charge in [0.15, 0.2) is 5.41 Å². The largest absolute Gasteiger partial charge is 0.444 e. The standard InChI is InChI=1S/C24H22F3N5O2/c1-22(2,3)34-21(33)32-9-8-16-17(10-28)20(31)23(12-29,13-30)19(18(16)11-32)14-4-6-15(7-5-14)24(25,26)27/h4-8,17-19,31H,9,11H2,1-3H3/t17?,18-,19+/m0/s1. The number of halogens is 3. The molecule has 0 radical (unpaired) electrons. The summed E-state index contributed by atoms with van der Waals surface area (Å²) >= 11 is 0. The average molecular weight is 469 g/mol. The van der Waals surface area contributed by atoms with Crippen LogP contribution in [0.2, 0.25) is 0 Å². The number of hydrogen-bond acceptors (Lipinski definition) is 6. The molecule has 1 aromatic carbocycles. The minimum absolute atomic E-state index is 0.0248. The number of alkyl halides is 3. The fourth-order valence-corrected chi connectivity index (χ4v) is 4.54. The van der Waals surface area contributed by atoms with Crippen LogP contribution in [0, 0.1) is 56.7 Å². The lowest BCUT2D eigenvalue weighted by Gasteiger charge is -2.47. The molecule has 1 fully saturated rings. The molecule has 0 aromatic heterocycles. The zero-order valence-corrected chi connectivity index (χ0v) is 18.8. The van der Waals surface area contributed by atoms with Gasteiger partial charge in [0.2, 0.25) is 0 Å². The van der Waals surface area contributed by atoms with E-state index >= 15 is 0 Å². The highest BCUT2D eigenvalue weighted by Gasteiger charge is 2.58. The topological polar surface area (TPSA) is 125 Å². The van der Waals surface area contributed by atoms with Gasteiger partial charge in [-0.05, 0) is 44.0 Å². The van der Waals surface area contributed by atoms with E-state index in [2.05, 4.69) is 0 Å². The van der Waals surface area contributed by atoms with Crippen LogP contribution >= 0.6 is 0 Å². The highest BCUT2D eigenvalue weighted by Crippen LogP contribution is 2.53. The summed E-state index contributed by atoms with van der Waals surface area (Å²) in [4.78, 5) is 14.1. The molecule has 1 aliphatic heterocycles. The van der Waals surface area contributed by atoms with Crippen LogP contribution in [-0.4, -0.2) is 35.4 Å². The average Bonchev–Trinajstić information content (AvgIpc) is 2.76. The lowest BCUT2D eigenvalue weighted by atomic mass is 9.54. The number of carbonyl (C=O) groups is 1. The van der Waals surface area contributed by atoms with Crippen LogP contribution < -0.4 is 0 Å². The Labute approximate surface area is 195 Å². The van der Waals surface area contributed by atoms with Gasteiger partial charge in [0, 0.05) is 24.9 Å². The molecular formula is C24H22F3N5O2. The molecule has 34 heavy (non-hydrogen) atoms. The van der Waals surface area contributed by atoms with Crippen molar-refractivity contribution in [3.63, 3.8) is 0 Å². The molecule has 10 heteroatoms. The number of carbonyl (C=O) groups excluding carboxylic acids is 1. The van der Waals surface area contributed by atoms with Crippen LogP contribution in [0.3, 0.4) is 0 Å². The normalized spacial score (nSPS) is 24.1. The van der Waals surface area contributed by atoms with Gasteiger partial charge < -0.3 is 15.0 Å². The lowest BCUT2D eigenvalue weighted by molar-refractivity contribution is -0.137. The van der Waals surface area contributed by atoms with Gasteiger partial charge in [-0.2, -0.15) is 29.0 Å². The fraction of sp³-hybridized carbons (Fsp3) is 0.458. The molecule has 1 aliphatic carbocycles. The number of nitrogens with zero attached hydrogens (tertiary/aromatic N) is 4. The molecule has 1 heterocycles. The van der Waals surface area contributed by atoms with Gasteiger partial charge in [0.25, 0.3) is 0 Å². The van der Waals surface area contributed by atoms with Crippen molar-refractivity contribution < 1.29 is 22.7 Å². The summed E-state index contributed by atoms with van der Waals surface area (Å²) in [5.74, 6) is -2.98. The van der Waals surface area contributed by atoms with Crippen LogP contribution in [0.5, 0.6) is 0 Å². The first kappa shape index (κ1) is 24.8. The van der Waals surface area contributed by atoms with Crippen LogP contribution in [0.15, 0.2) is 35.9 Å². The Kier molecular flexibility index (Phi) is 6.20. The summed E-state index contributed by atoms with van der Waals surface area (Å²) in [6.45, 7) is 5.17. The van der Waals surface area contributed by atoms with Gasteiger partial charge in [-0.25, -0.2) is 4.79 Å². The van der Waals surface area contributed by atoms with Crippen molar-refractivity contribution in [1.82, 2.24) is 4.90 Å². The third-order valence-corrected chi connectivity index (χ3v) is 6.04. The van der Waals surface area contributed by atoms with Crippen molar-refractivity contribution in [3.05, 3.63) is 47.0 Å². The Bertz CT molecular complexity index is 1150. The van der Waals surface area contributed by atoms with E-state index in [9.17, 15) is 33.8 Å². The third-order valence-electron chi connectivity index (χ3n) is 6.04. The van der Waals surface area contributed by atoms with Gasteiger partial charge in [-0.15, -0.1) is 0 Å². The van der Waals surface area contributed by atoms with E-state index in [1.54, 1.807) is 26.8 Å². The molecule has 0 spiro atoms. The van der Waals surface area contributed by atoms with Crippen molar-refractivity contribution in [3.8, 4) is 18.2 Å². The quantitative estimate of drug-likeness (QED) is 0.592. The van der Waals surface area contributed by atoms with Crippen molar-refractivity contribution in [2.45, 2.75) is 38.5 Å². The van der Waals surface area contributed by atoms with E-state index < -0.39 is 52.3 Å². The minimum Gasteiger partial charge on any atom is -0.444 e. The fourth-order valence-electron chi connectivity index (χ4n) is 4.54. The first-order valence-corrected chi connectivity index (χ1v) is 10.4. The molecule has 0 saturated heterocycles. The second-order valence-corrected chi connectivity index (χ2v) is 9.30. The van der Waals surface area contributed by atoms with E-state index in [0.29, 0.717) is 5.57 Å². The molecule has 1 aromatic rings. The van der Waals surface area contributed by atoms with Crippen molar-refractivity contribution in [1.29, 1.82) is 21.2 Å². The first-order valence-electron chi connectivity index (χ1n) is 10.4. The summed E-state index contributed by atoms with van der Waals surface area (Å²) in [6.07, 6.45) is -3.60. The summed E-state index contributed by atoms with van der Waals surface area (Å²) in [5, 5.41) is 38.4. The van der Waals surface area contributed by atoms with E-state index in [1.165, 1.54) is 17.0 Å². The molecule has 1 unspecified atom stereocenters. The number of nitriles is 3. The van der Waals surface area contributed by atoms with Gasteiger partial charge in [0.1, 0.15) is 11.5 Å². The van der Waals surface area contributed by atoms with Crippen molar-refractivity contribution >= 4 is 11.8 Å². The lowest BCUT2D eigenvalue weighted by Crippen LogP contribution is -2.54. The predicted octanol–water partition coefficient (Wildman–Crippen LogP) is 4.79. The Hall–Kier alpha value is -3.84. The molecule has 7 nitrogen and oxygen atoms in total. The summed E-state index contributed by atoms with van der Waals surface area (Å²) in [6, 6.07) is 9.79. The van der Waals surface area contributed by atoms with Crippen LogP contribution in [0.25, 0.3) is 0 Å². The summed E-state index contributed by atoms with van der Waals surface area (Å²) < 4.78 is 44.7. The Morgan fingerprint density at radius 3 is 2.21 bits per heavy atom. The molecule has 2 aliphatic rings. The van der Waals surface area contributed by atoms with E-state index in [-0.39, 0.29) is 18.7 Å². The second-order valence-electron chi connectivity index (χ2n) is 9.30. The van der Waals surface area contributed by atoms with E-state index in [4.69, 9.17) is 10.1 Å². The minimum atomic E-state index is -4.57. The first-order chi connectivity index (χ1) is 15.8. The molecular weight excluding hydrogens is 447 g/mol. The third kappa shape index (κ3) is 4.22. The summed E-state index contributed by atoms with van der Waals surface area (Å²) in [5.41, 5.74) is -3.48. The number of hydrogen-bond donors (Lipinski definition) is 1. The number of nitrogens with one attached hydrogen (secondary N) is 1. The number of ether oxygens (including phenoxy) is 1. The molecule has 1 amide bonds. The number of rotatable bonds is 1. The van der Waals surface area contributed by atoms with Gasteiger partial charge in [-0.1, -0.05) is 18.2 Å². The van der Waals surface area contributed by atoms with Crippen LogP contribution in [0.4, 0.5) is 18.0 Å². The van der Waals surface area contributed by atoms with Gasteiger partial charge in [-0.3, -0.25) is 0 Å². The molecule has 1 saturated carbocycles. The maximum Gasteiger partial charge on any atom is 0.416 e. The molecule has 1 N–H and O–H groups in total. The molecule has 3 atom stereocenters. The Morgan fingerprint density at radius 1 is 1.15 bits per heavy atom. The second kappa shape index (κ2) is 8.50. The molecule has 3 rings (SSSR count). The predicted molar refractivity (Wildman–Crippen MR) is 114 cm³/mol. The summed E-state index contributed by atoms with van der Waals surface area (Å²) in [7, 11) is 0. The smallest absolute Gasteiger partial charge is 0.416 e. The monoisotopic (exact) mass is 469 g/mol. The molecule has 176 valence electrons. The number of amides is 1. The van der Waals surface area contributed by atoms with Crippen molar-refractivity contribution in [2.24, 2.45) is 17.3 Å². The van der Waals surface area contributed by atoms with Crippen LogP contribution in [-0.2, 0) is 10.9 Å². The van der Waals surface area contributed by atoms with E-state index in [0.717, 1.165) is 12.1 Å². The number of fused-ring (bicyclic) bond motifs is 1. The van der Waals surface area contributed by atoms with Gasteiger partial charge >= 0.3 is 12.3 Å². The Morgan fingerprint density at radius 2 is 1.74 bits per heavy atom. The van der Waals surface area contributed by atoms with Gasteiger partial charge in [0.05, 0.1) is 29.5 Å². The van der Waals surface area contributed by atoms with E-state index in [1.807, 2.05) is 18.2 Å². The zero-order valence-electron chi connectivity index (χ0n) is 18.8. The molecule has 0 bridgehead atoms. The highest BCUT2D eigenvalue weighted by molar-refractivity contribution is 6.01. The van der Waals surface area contributed by atoms with Crippen molar-refractivity contribution in [2.75, 3.05) is 13.1 Å². The van der Waals surface area contributed by atoms with Crippen LogP contribution in [0.1, 0.15) is 37.8 Å². The maximum atomic E-state index is 13.1.